The van der Waals surface area contributed by atoms with Crippen LogP contribution in [-0.4, -0.2) is 0 Å². The average molecular weight is 320 g/mol. The molecular formula is C10H5Br2FO. The maximum atomic E-state index is 13.5. The van der Waals surface area contributed by atoms with Gasteiger partial charge >= 0.3 is 0 Å². The fraction of sp³-hybridized carbons (Fsp3) is 0. The van der Waals surface area contributed by atoms with E-state index in [2.05, 4.69) is 31.9 Å². The van der Waals surface area contributed by atoms with Crippen molar-refractivity contribution in [2.75, 3.05) is 0 Å². The maximum absolute atomic E-state index is 13.5. The second kappa shape index (κ2) is 3.87. The standard InChI is InChI=1S/C10H5Br2FO/c11-7-4-6(9(13)5-8(7)12)10-2-1-3-14-10/h1-5H. The molecule has 1 aromatic carbocycles. The van der Waals surface area contributed by atoms with E-state index in [1.807, 2.05) is 0 Å². The van der Waals surface area contributed by atoms with Crippen LogP contribution in [0.25, 0.3) is 11.3 Å². The van der Waals surface area contributed by atoms with Crippen LogP contribution in [0.3, 0.4) is 0 Å². The summed E-state index contributed by atoms with van der Waals surface area (Å²) in [6, 6.07) is 6.53. The SMILES string of the molecule is Fc1cc(Br)c(Br)cc1-c1ccco1. The lowest BCUT2D eigenvalue weighted by Crippen LogP contribution is -1.83. The predicted octanol–water partition coefficient (Wildman–Crippen LogP) is 4.61. The molecule has 0 unspecified atom stereocenters. The van der Waals surface area contributed by atoms with E-state index in [0.717, 1.165) is 4.47 Å². The summed E-state index contributed by atoms with van der Waals surface area (Å²) < 4.78 is 20.1. The Morgan fingerprint density at radius 2 is 1.86 bits per heavy atom. The van der Waals surface area contributed by atoms with Crippen molar-refractivity contribution in [1.29, 1.82) is 0 Å². The Kier molecular flexibility index (Phi) is 2.74. The molecule has 0 fully saturated rings. The Balaban J connectivity index is 2.60. The summed E-state index contributed by atoms with van der Waals surface area (Å²) in [6.45, 7) is 0. The van der Waals surface area contributed by atoms with E-state index in [0.29, 0.717) is 15.8 Å². The Hall–Kier alpha value is -0.610. The van der Waals surface area contributed by atoms with E-state index in [-0.39, 0.29) is 5.82 Å². The summed E-state index contributed by atoms with van der Waals surface area (Å²) >= 11 is 6.54. The number of hydrogen-bond donors (Lipinski definition) is 0. The second-order valence-corrected chi connectivity index (χ2v) is 4.43. The van der Waals surface area contributed by atoms with Crippen LogP contribution < -0.4 is 0 Å². The Morgan fingerprint density at radius 3 is 2.50 bits per heavy atom. The predicted molar refractivity (Wildman–Crippen MR) is 59.5 cm³/mol. The van der Waals surface area contributed by atoms with Gasteiger partial charge in [0.25, 0.3) is 0 Å². The lowest BCUT2D eigenvalue weighted by atomic mass is 10.1. The van der Waals surface area contributed by atoms with E-state index in [4.69, 9.17) is 4.42 Å². The summed E-state index contributed by atoms with van der Waals surface area (Å²) in [5.41, 5.74) is 0.449. The first-order valence-corrected chi connectivity index (χ1v) is 5.45. The zero-order valence-corrected chi connectivity index (χ0v) is 10.1. The molecule has 4 heteroatoms. The number of furan rings is 1. The van der Waals surface area contributed by atoms with Crippen LogP contribution in [0.15, 0.2) is 43.9 Å². The Morgan fingerprint density at radius 1 is 1.14 bits per heavy atom. The number of hydrogen-bond acceptors (Lipinski definition) is 1. The van der Waals surface area contributed by atoms with Crippen molar-refractivity contribution in [3.05, 3.63) is 45.3 Å². The molecule has 0 bridgehead atoms. The highest BCUT2D eigenvalue weighted by atomic mass is 79.9. The topological polar surface area (TPSA) is 13.1 Å². The molecule has 0 aliphatic heterocycles. The van der Waals surface area contributed by atoms with E-state index in [1.54, 1.807) is 18.2 Å². The summed E-state index contributed by atoms with van der Waals surface area (Å²) in [5.74, 6) is 0.214. The van der Waals surface area contributed by atoms with Gasteiger partial charge in [-0.3, -0.25) is 0 Å². The van der Waals surface area contributed by atoms with Gasteiger partial charge in [0.2, 0.25) is 0 Å². The van der Waals surface area contributed by atoms with Gasteiger partial charge in [-0.25, -0.2) is 4.39 Å². The molecule has 0 N–H and O–H groups in total. The molecule has 1 nitrogen and oxygen atoms in total. The molecule has 72 valence electrons. The van der Waals surface area contributed by atoms with Gasteiger partial charge in [-0.2, -0.15) is 0 Å². The Labute approximate surface area is 97.2 Å². The smallest absolute Gasteiger partial charge is 0.136 e. The van der Waals surface area contributed by atoms with Gasteiger partial charge in [-0.15, -0.1) is 0 Å². The van der Waals surface area contributed by atoms with Gasteiger partial charge in [0.1, 0.15) is 11.6 Å². The molecule has 0 atom stereocenters. The van der Waals surface area contributed by atoms with Crippen molar-refractivity contribution in [1.82, 2.24) is 0 Å². The molecule has 0 aliphatic carbocycles. The fourth-order valence-corrected chi connectivity index (χ4v) is 1.80. The highest BCUT2D eigenvalue weighted by Gasteiger charge is 2.10. The van der Waals surface area contributed by atoms with Crippen LogP contribution in [-0.2, 0) is 0 Å². The first-order chi connectivity index (χ1) is 6.68. The third-order valence-electron chi connectivity index (χ3n) is 1.80. The third kappa shape index (κ3) is 1.77. The van der Waals surface area contributed by atoms with Gasteiger partial charge in [-0.05, 0) is 56.1 Å². The van der Waals surface area contributed by atoms with E-state index < -0.39 is 0 Å². The highest BCUT2D eigenvalue weighted by Crippen LogP contribution is 2.31. The van der Waals surface area contributed by atoms with Gasteiger partial charge < -0.3 is 4.42 Å². The third-order valence-corrected chi connectivity index (χ3v) is 3.64. The van der Waals surface area contributed by atoms with Crippen LogP contribution in [0.2, 0.25) is 0 Å². The van der Waals surface area contributed by atoms with E-state index in [9.17, 15) is 4.39 Å². The van der Waals surface area contributed by atoms with Crippen molar-refractivity contribution in [3.63, 3.8) is 0 Å². The quantitative estimate of drug-likeness (QED) is 0.700. The molecule has 0 amide bonds. The number of rotatable bonds is 1. The first kappa shape index (κ1) is 9.93. The summed E-state index contributed by atoms with van der Waals surface area (Å²) in [4.78, 5) is 0. The molecule has 2 rings (SSSR count). The maximum Gasteiger partial charge on any atom is 0.136 e. The van der Waals surface area contributed by atoms with Gasteiger partial charge in [0.05, 0.1) is 11.8 Å². The summed E-state index contributed by atoms with van der Waals surface area (Å²) in [5, 5.41) is 0. The zero-order valence-electron chi connectivity index (χ0n) is 6.93. The normalized spacial score (nSPS) is 10.5. The average Bonchev–Trinajstić information content (AvgIpc) is 2.64. The number of benzene rings is 1. The van der Waals surface area contributed by atoms with Crippen LogP contribution >= 0.6 is 31.9 Å². The molecule has 0 saturated carbocycles. The summed E-state index contributed by atoms with van der Waals surface area (Å²) in [7, 11) is 0. The van der Waals surface area contributed by atoms with Crippen molar-refractivity contribution in [2.24, 2.45) is 0 Å². The zero-order chi connectivity index (χ0) is 10.1. The van der Waals surface area contributed by atoms with Crippen LogP contribution in [0.5, 0.6) is 0 Å². The van der Waals surface area contributed by atoms with Gasteiger partial charge in [0.15, 0.2) is 0 Å². The van der Waals surface area contributed by atoms with Crippen LogP contribution in [0, 0.1) is 5.82 Å². The van der Waals surface area contributed by atoms with Crippen molar-refractivity contribution >= 4 is 31.9 Å². The molecular weight excluding hydrogens is 315 g/mol. The van der Waals surface area contributed by atoms with Gasteiger partial charge in [0, 0.05) is 8.95 Å². The van der Waals surface area contributed by atoms with Crippen molar-refractivity contribution in [2.45, 2.75) is 0 Å². The fourth-order valence-electron chi connectivity index (χ4n) is 1.14. The lowest BCUT2D eigenvalue weighted by molar-refractivity contribution is 0.569. The first-order valence-electron chi connectivity index (χ1n) is 3.87. The van der Waals surface area contributed by atoms with E-state index >= 15 is 0 Å². The van der Waals surface area contributed by atoms with Crippen LogP contribution in [0.4, 0.5) is 4.39 Å². The minimum Gasteiger partial charge on any atom is -0.464 e. The number of halogens is 3. The second-order valence-electron chi connectivity index (χ2n) is 2.72. The Bertz CT molecular complexity index is 451. The molecule has 1 heterocycles. The van der Waals surface area contributed by atoms with Crippen molar-refractivity contribution in [3.8, 4) is 11.3 Å². The minimum absolute atomic E-state index is 0.310. The largest absolute Gasteiger partial charge is 0.464 e. The molecule has 14 heavy (non-hydrogen) atoms. The van der Waals surface area contributed by atoms with Crippen molar-refractivity contribution < 1.29 is 8.81 Å². The summed E-state index contributed by atoms with van der Waals surface area (Å²) in [6.07, 6.45) is 1.52. The highest BCUT2D eigenvalue weighted by molar-refractivity contribution is 9.13. The lowest BCUT2D eigenvalue weighted by Gasteiger charge is -2.02. The van der Waals surface area contributed by atoms with E-state index in [1.165, 1.54) is 12.3 Å². The molecule has 0 spiro atoms. The molecule has 0 saturated heterocycles. The molecule has 1 aromatic heterocycles. The molecule has 2 aromatic rings. The molecule has 0 radical (unpaired) electrons. The molecule has 0 aliphatic rings. The van der Waals surface area contributed by atoms with Crippen LogP contribution in [0.1, 0.15) is 0 Å². The monoisotopic (exact) mass is 318 g/mol. The van der Waals surface area contributed by atoms with Gasteiger partial charge in [-0.1, -0.05) is 0 Å². The minimum atomic E-state index is -0.310.